The van der Waals surface area contributed by atoms with Gasteiger partial charge in [0.1, 0.15) is 11.6 Å². The van der Waals surface area contributed by atoms with Crippen LogP contribution in [0.5, 0.6) is 5.75 Å². The van der Waals surface area contributed by atoms with E-state index in [2.05, 4.69) is 20.5 Å². The van der Waals surface area contributed by atoms with Crippen molar-refractivity contribution in [2.45, 2.75) is 6.92 Å². The number of anilines is 2. The number of ether oxygens (including phenoxy) is 1. The maximum atomic E-state index is 6.10. The van der Waals surface area contributed by atoms with Gasteiger partial charge in [-0.25, -0.2) is 9.97 Å². The summed E-state index contributed by atoms with van der Waals surface area (Å²) >= 11 is 6.10. The second-order valence-corrected chi connectivity index (χ2v) is 7.71. The number of halogens is 1. The Kier molecular flexibility index (Phi) is 5.17. The Hall–Kier alpha value is -3.97. The van der Waals surface area contributed by atoms with Crippen molar-refractivity contribution in [2.24, 2.45) is 0 Å². The average Bonchev–Trinajstić information content (AvgIpc) is 3.27. The third kappa shape index (κ3) is 3.86. The van der Waals surface area contributed by atoms with Crippen LogP contribution in [0.1, 0.15) is 5.56 Å². The molecule has 0 atom stereocenters. The molecule has 0 saturated heterocycles. The van der Waals surface area contributed by atoms with E-state index < -0.39 is 0 Å². The Morgan fingerprint density at radius 2 is 1.94 bits per heavy atom. The Morgan fingerprint density at radius 1 is 1.03 bits per heavy atom. The van der Waals surface area contributed by atoms with Crippen molar-refractivity contribution in [2.75, 3.05) is 12.4 Å². The number of benzene rings is 2. The number of methoxy groups -OCH3 is 1. The van der Waals surface area contributed by atoms with Gasteiger partial charge in [-0.05, 0) is 55.0 Å². The van der Waals surface area contributed by atoms with Gasteiger partial charge in [-0.3, -0.25) is 10.1 Å². The summed E-state index contributed by atoms with van der Waals surface area (Å²) in [5.41, 5.74) is 4.58. The highest BCUT2D eigenvalue weighted by atomic mass is 35.5. The van der Waals surface area contributed by atoms with Gasteiger partial charge in [0.05, 0.1) is 18.3 Å². The van der Waals surface area contributed by atoms with E-state index in [-0.39, 0.29) is 0 Å². The number of hydrogen-bond acceptors (Lipinski definition) is 6. The Bertz CT molecular complexity index is 1420. The van der Waals surface area contributed by atoms with Crippen LogP contribution in [0.25, 0.3) is 33.5 Å². The molecule has 2 N–H and O–H groups in total. The zero-order chi connectivity index (χ0) is 22.1. The Balaban J connectivity index is 1.58. The summed E-state index contributed by atoms with van der Waals surface area (Å²) < 4.78 is 5.40. The molecule has 0 spiro atoms. The number of hydrogen-bond donors (Lipinski definition) is 2. The van der Waals surface area contributed by atoms with Gasteiger partial charge < -0.3 is 10.1 Å². The fourth-order valence-corrected chi connectivity index (χ4v) is 3.75. The van der Waals surface area contributed by atoms with Crippen LogP contribution in [0.15, 0.2) is 67.0 Å². The minimum Gasteiger partial charge on any atom is -0.497 e. The van der Waals surface area contributed by atoms with E-state index in [0.717, 1.165) is 39.0 Å². The molecular formula is C24H19ClN6O. The summed E-state index contributed by atoms with van der Waals surface area (Å²) in [7, 11) is 1.63. The lowest BCUT2D eigenvalue weighted by molar-refractivity contribution is 0.415. The van der Waals surface area contributed by atoms with Gasteiger partial charge in [0.15, 0.2) is 11.6 Å². The molecule has 3 heterocycles. The highest BCUT2D eigenvalue weighted by molar-refractivity contribution is 6.30. The molecule has 0 saturated carbocycles. The maximum Gasteiger partial charge on any atom is 0.163 e. The van der Waals surface area contributed by atoms with E-state index in [0.29, 0.717) is 22.5 Å². The van der Waals surface area contributed by atoms with Gasteiger partial charge in [0, 0.05) is 40.0 Å². The van der Waals surface area contributed by atoms with Crippen molar-refractivity contribution in [1.82, 2.24) is 25.1 Å². The topological polar surface area (TPSA) is 88.6 Å². The third-order valence-electron chi connectivity index (χ3n) is 5.13. The SMILES string of the molecule is COc1ccc2nc(-c3cccnc3)nc(Nc3cc(-c4ccc(Cl)cc4C)[nH]n3)c2c1. The monoisotopic (exact) mass is 442 g/mol. The molecule has 0 bridgehead atoms. The summed E-state index contributed by atoms with van der Waals surface area (Å²) in [6.45, 7) is 2.01. The normalized spacial score (nSPS) is 11.0. The fourth-order valence-electron chi connectivity index (χ4n) is 3.53. The summed E-state index contributed by atoms with van der Waals surface area (Å²) in [6.07, 6.45) is 3.46. The van der Waals surface area contributed by atoms with Crippen molar-refractivity contribution in [3.8, 4) is 28.4 Å². The average molecular weight is 443 g/mol. The van der Waals surface area contributed by atoms with Crippen LogP contribution in [0, 0.1) is 6.92 Å². The summed E-state index contributed by atoms with van der Waals surface area (Å²) in [6, 6.07) is 17.2. The predicted octanol–water partition coefficient (Wildman–Crippen LogP) is 5.80. The number of aromatic amines is 1. The number of aryl methyl sites for hydroxylation is 1. The van der Waals surface area contributed by atoms with Crippen LogP contribution in [-0.4, -0.2) is 32.3 Å². The lowest BCUT2D eigenvalue weighted by Crippen LogP contribution is -2.00. The first-order valence-corrected chi connectivity index (χ1v) is 10.3. The van der Waals surface area contributed by atoms with Crippen molar-refractivity contribution in [3.63, 3.8) is 0 Å². The molecule has 2 aromatic carbocycles. The first-order valence-electron chi connectivity index (χ1n) is 9.96. The van der Waals surface area contributed by atoms with Crippen LogP contribution in [0.2, 0.25) is 5.02 Å². The molecule has 0 radical (unpaired) electrons. The molecule has 0 aliphatic rings. The number of nitrogens with zero attached hydrogens (tertiary/aromatic N) is 4. The number of fused-ring (bicyclic) bond motifs is 1. The van der Waals surface area contributed by atoms with E-state index in [1.807, 2.05) is 61.5 Å². The van der Waals surface area contributed by atoms with Crippen molar-refractivity contribution in [1.29, 1.82) is 0 Å². The van der Waals surface area contributed by atoms with Crippen LogP contribution in [-0.2, 0) is 0 Å². The molecule has 0 fully saturated rings. The second kappa shape index (κ2) is 8.28. The zero-order valence-corrected chi connectivity index (χ0v) is 18.2. The van der Waals surface area contributed by atoms with Gasteiger partial charge in [-0.15, -0.1) is 0 Å². The molecule has 0 aliphatic carbocycles. The molecule has 158 valence electrons. The van der Waals surface area contributed by atoms with Gasteiger partial charge >= 0.3 is 0 Å². The fraction of sp³-hybridized carbons (Fsp3) is 0.0833. The van der Waals surface area contributed by atoms with Crippen LogP contribution < -0.4 is 10.1 Å². The minimum absolute atomic E-state index is 0.572. The number of aromatic nitrogens is 5. The van der Waals surface area contributed by atoms with Gasteiger partial charge in [-0.1, -0.05) is 17.7 Å². The number of rotatable bonds is 5. The molecule has 32 heavy (non-hydrogen) atoms. The first-order chi connectivity index (χ1) is 15.6. The summed E-state index contributed by atoms with van der Waals surface area (Å²) in [4.78, 5) is 13.7. The van der Waals surface area contributed by atoms with Crippen molar-refractivity contribution < 1.29 is 4.74 Å². The largest absolute Gasteiger partial charge is 0.497 e. The van der Waals surface area contributed by atoms with Crippen LogP contribution in [0.3, 0.4) is 0 Å². The third-order valence-corrected chi connectivity index (χ3v) is 5.36. The first kappa shape index (κ1) is 20.0. The van der Waals surface area contributed by atoms with Crippen molar-refractivity contribution >= 4 is 34.1 Å². The molecule has 5 rings (SSSR count). The van der Waals surface area contributed by atoms with E-state index >= 15 is 0 Å². The standard InChI is InChI=1S/C24H19ClN6O/c1-14-10-16(25)5-7-18(14)21-12-22(31-30-21)28-24-19-11-17(32-2)6-8-20(19)27-23(29-24)15-4-3-9-26-13-15/h3-13H,1-2H3,(H2,27,28,29,30,31). The lowest BCUT2D eigenvalue weighted by Gasteiger charge is -2.10. The summed E-state index contributed by atoms with van der Waals surface area (Å²) in [5, 5.41) is 12.4. The lowest BCUT2D eigenvalue weighted by atomic mass is 10.1. The number of H-pyrrole nitrogens is 1. The molecule has 7 nitrogen and oxygen atoms in total. The highest BCUT2D eigenvalue weighted by Crippen LogP contribution is 2.31. The number of pyridine rings is 1. The molecule has 0 unspecified atom stereocenters. The Morgan fingerprint density at radius 3 is 2.72 bits per heavy atom. The molecular weight excluding hydrogens is 424 g/mol. The van der Waals surface area contributed by atoms with Gasteiger partial charge in [-0.2, -0.15) is 5.10 Å². The quantitative estimate of drug-likeness (QED) is 0.358. The maximum absolute atomic E-state index is 6.10. The van der Waals surface area contributed by atoms with E-state index in [1.54, 1.807) is 19.5 Å². The highest BCUT2D eigenvalue weighted by Gasteiger charge is 2.13. The molecule has 5 aromatic rings. The van der Waals surface area contributed by atoms with E-state index in [4.69, 9.17) is 26.3 Å². The second-order valence-electron chi connectivity index (χ2n) is 7.27. The molecule has 0 aliphatic heterocycles. The molecule has 3 aromatic heterocycles. The summed E-state index contributed by atoms with van der Waals surface area (Å²) in [5.74, 6) is 2.55. The van der Waals surface area contributed by atoms with Crippen molar-refractivity contribution in [3.05, 3.63) is 77.6 Å². The smallest absolute Gasteiger partial charge is 0.163 e. The zero-order valence-electron chi connectivity index (χ0n) is 17.4. The van der Waals surface area contributed by atoms with Gasteiger partial charge in [0.2, 0.25) is 0 Å². The Labute approximate surface area is 189 Å². The van der Waals surface area contributed by atoms with Crippen LogP contribution >= 0.6 is 11.6 Å². The molecule has 0 amide bonds. The number of nitrogens with one attached hydrogen (secondary N) is 2. The van der Waals surface area contributed by atoms with E-state index in [9.17, 15) is 0 Å². The van der Waals surface area contributed by atoms with Gasteiger partial charge in [0.25, 0.3) is 0 Å². The predicted molar refractivity (Wildman–Crippen MR) is 126 cm³/mol. The van der Waals surface area contributed by atoms with Crippen LogP contribution in [0.4, 0.5) is 11.6 Å². The molecule has 8 heteroatoms. The van der Waals surface area contributed by atoms with E-state index in [1.165, 1.54) is 0 Å². The minimum atomic E-state index is 0.572.